The van der Waals surface area contributed by atoms with Crippen molar-refractivity contribution in [2.75, 3.05) is 11.5 Å². The van der Waals surface area contributed by atoms with Crippen molar-refractivity contribution in [1.82, 2.24) is 4.98 Å². The van der Waals surface area contributed by atoms with E-state index in [9.17, 15) is 8.42 Å². The minimum Gasteiger partial charge on any atom is -0.436 e. The molecule has 0 fully saturated rings. The number of benzene rings is 2. The Morgan fingerprint density at radius 2 is 2.00 bits per heavy atom. The number of sulfone groups is 1. The fourth-order valence-electron chi connectivity index (χ4n) is 2.07. The van der Waals surface area contributed by atoms with E-state index in [-0.39, 0.29) is 10.6 Å². The van der Waals surface area contributed by atoms with Crippen LogP contribution < -0.4 is 5.73 Å². The van der Waals surface area contributed by atoms with Crippen LogP contribution in [0.3, 0.4) is 0 Å². The maximum atomic E-state index is 11.9. The number of hydrogen-bond acceptors (Lipinski definition) is 5. The van der Waals surface area contributed by atoms with Gasteiger partial charge >= 0.3 is 0 Å². The highest BCUT2D eigenvalue weighted by molar-refractivity contribution is 7.91. The fourth-order valence-corrected chi connectivity index (χ4v) is 3.09. The number of nitrogen functional groups attached to an aromatic ring is 1. The summed E-state index contributed by atoms with van der Waals surface area (Å²) < 4.78 is 29.5. The first-order valence-electron chi connectivity index (χ1n) is 6.59. The largest absolute Gasteiger partial charge is 0.436 e. The standard InChI is InChI=1S/C15H13ClN2O3S/c1-2-22(19,20)10-4-6-14-13(8-10)18-15(21-14)9-3-5-11(16)12(17)7-9/h3-8H,2,17H2,1H3. The molecule has 3 aromatic rings. The van der Waals surface area contributed by atoms with Gasteiger partial charge in [-0.05, 0) is 36.4 Å². The molecule has 3 rings (SSSR count). The van der Waals surface area contributed by atoms with Crippen LogP contribution in [-0.4, -0.2) is 19.2 Å². The quantitative estimate of drug-likeness (QED) is 0.739. The van der Waals surface area contributed by atoms with E-state index >= 15 is 0 Å². The maximum absolute atomic E-state index is 11.9. The lowest BCUT2D eigenvalue weighted by atomic mass is 10.2. The Bertz CT molecular complexity index is 964. The van der Waals surface area contributed by atoms with Gasteiger partial charge in [0.2, 0.25) is 5.89 Å². The number of nitrogens with two attached hydrogens (primary N) is 1. The molecule has 1 aromatic heterocycles. The molecule has 1 heterocycles. The van der Waals surface area contributed by atoms with Crippen molar-refractivity contribution in [2.24, 2.45) is 0 Å². The number of aromatic nitrogens is 1. The van der Waals surface area contributed by atoms with Crippen molar-refractivity contribution in [2.45, 2.75) is 11.8 Å². The molecule has 0 atom stereocenters. The topological polar surface area (TPSA) is 86.2 Å². The molecular formula is C15H13ClN2O3S. The molecule has 22 heavy (non-hydrogen) atoms. The molecule has 0 radical (unpaired) electrons. The van der Waals surface area contributed by atoms with Gasteiger partial charge in [-0.1, -0.05) is 18.5 Å². The van der Waals surface area contributed by atoms with Gasteiger partial charge in [0.05, 0.1) is 21.4 Å². The second-order valence-electron chi connectivity index (χ2n) is 4.79. The molecule has 0 amide bonds. The van der Waals surface area contributed by atoms with Crippen LogP contribution in [0.5, 0.6) is 0 Å². The second kappa shape index (κ2) is 5.30. The summed E-state index contributed by atoms with van der Waals surface area (Å²) in [5.41, 5.74) is 7.87. The van der Waals surface area contributed by atoms with E-state index in [0.717, 1.165) is 0 Å². The number of nitrogens with zero attached hydrogens (tertiary/aromatic N) is 1. The number of halogens is 1. The third kappa shape index (κ3) is 2.55. The highest BCUT2D eigenvalue weighted by atomic mass is 35.5. The number of anilines is 1. The second-order valence-corrected chi connectivity index (χ2v) is 7.47. The SMILES string of the molecule is CCS(=O)(=O)c1ccc2oc(-c3ccc(Cl)c(N)c3)nc2c1. The minimum absolute atomic E-state index is 0.0386. The molecule has 0 bridgehead atoms. The molecule has 2 aromatic carbocycles. The van der Waals surface area contributed by atoms with Crippen molar-refractivity contribution in [1.29, 1.82) is 0 Å². The van der Waals surface area contributed by atoms with Crippen LogP contribution in [-0.2, 0) is 9.84 Å². The summed E-state index contributed by atoms with van der Waals surface area (Å²) >= 11 is 5.89. The molecular weight excluding hydrogens is 324 g/mol. The van der Waals surface area contributed by atoms with Crippen LogP contribution in [0.4, 0.5) is 5.69 Å². The van der Waals surface area contributed by atoms with E-state index in [2.05, 4.69) is 4.98 Å². The zero-order chi connectivity index (χ0) is 15.9. The average molecular weight is 337 g/mol. The van der Waals surface area contributed by atoms with Crippen LogP contribution in [0.2, 0.25) is 5.02 Å². The molecule has 2 N–H and O–H groups in total. The van der Waals surface area contributed by atoms with Gasteiger partial charge in [0.25, 0.3) is 0 Å². The number of hydrogen-bond donors (Lipinski definition) is 1. The lowest BCUT2D eigenvalue weighted by molar-refractivity contribution is 0.597. The Hall–Kier alpha value is -2.05. The molecule has 0 saturated heterocycles. The van der Waals surface area contributed by atoms with Crippen LogP contribution in [0.25, 0.3) is 22.6 Å². The lowest BCUT2D eigenvalue weighted by Crippen LogP contribution is -2.03. The fraction of sp³-hybridized carbons (Fsp3) is 0.133. The molecule has 7 heteroatoms. The van der Waals surface area contributed by atoms with Gasteiger partial charge in [-0.2, -0.15) is 0 Å². The van der Waals surface area contributed by atoms with Crippen molar-refractivity contribution in [3.05, 3.63) is 41.4 Å². The van der Waals surface area contributed by atoms with Gasteiger partial charge in [0.15, 0.2) is 15.4 Å². The first-order chi connectivity index (χ1) is 10.4. The van der Waals surface area contributed by atoms with Crippen molar-refractivity contribution >= 4 is 38.2 Å². The molecule has 114 valence electrons. The van der Waals surface area contributed by atoms with Crippen molar-refractivity contribution < 1.29 is 12.8 Å². The molecule has 0 aliphatic heterocycles. The predicted octanol–water partition coefficient (Wildman–Crippen LogP) is 3.52. The molecule has 0 unspecified atom stereocenters. The Labute approximate surface area is 132 Å². The van der Waals surface area contributed by atoms with Gasteiger partial charge in [0, 0.05) is 5.56 Å². The molecule has 5 nitrogen and oxygen atoms in total. The van der Waals surface area contributed by atoms with E-state index in [0.29, 0.717) is 33.3 Å². The third-order valence-electron chi connectivity index (χ3n) is 3.34. The van der Waals surface area contributed by atoms with E-state index in [1.54, 1.807) is 31.2 Å². The lowest BCUT2D eigenvalue weighted by Gasteiger charge is -1.99. The van der Waals surface area contributed by atoms with Crippen LogP contribution in [0, 0.1) is 0 Å². The summed E-state index contributed by atoms with van der Waals surface area (Å²) in [6.07, 6.45) is 0. The van der Waals surface area contributed by atoms with E-state index in [4.69, 9.17) is 21.8 Å². The number of oxazole rings is 1. The molecule has 0 saturated carbocycles. The highest BCUT2D eigenvalue weighted by Crippen LogP contribution is 2.29. The smallest absolute Gasteiger partial charge is 0.227 e. The van der Waals surface area contributed by atoms with Crippen molar-refractivity contribution in [3.8, 4) is 11.5 Å². The summed E-state index contributed by atoms with van der Waals surface area (Å²) in [5, 5.41) is 0.455. The van der Waals surface area contributed by atoms with Gasteiger partial charge in [-0.3, -0.25) is 0 Å². The van der Waals surface area contributed by atoms with Gasteiger partial charge < -0.3 is 10.2 Å². The monoisotopic (exact) mass is 336 g/mol. The molecule has 0 spiro atoms. The van der Waals surface area contributed by atoms with E-state index < -0.39 is 9.84 Å². The average Bonchev–Trinajstić information content (AvgIpc) is 2.93. The summed E-state index contributed by atoms with van der Waals surface area (Å²) in [7, 11) is -3.28. The van der Waals surface area contributed by atoms with Gasteiger partial charge in [0.1, 0.15) is 5.52 Å². The van der Waals surface area contributed by atoms with Crippen LogP contribution >= 0.6 is 11.6 Å². The molecule has 0 aliphatic carbocycles. The van der Waals surface area contributed by atoms with E-state index in [1.807, 2.05) is 0 Å². The zero-order valence-electron chi connectivity index (χ0n) is 11.7. The van der Waals surface area contributed by atoms with E-state index in [1.165, 1.54) is 12.1 Å². The highest BCUT2D eigenvalue weighted by Gasteiger charge is 2.15. The maximum Gasteiger partial charge on any atom is 0.227 e. The normalized spacial score (nSPS) is 11.9. The minimum atomic E-state index is -3.28. The molecule has 0 aliphatic rings. The summed E-state index contributed by atoms with van der Waals surface area (Å²) in [5.74, 6) is 0.404. The van der Waals surface area contributed by atoms with Gasteiger partial charge in [-0.15, -0.1) is 0 Å². The Morgan fingerprint density at radius 1 is 1.23 bits per heavy atom. The van der Waals surface area contributed by atoms with Crippen LogP contribution in [0.15, 0.2) is 45.7 Å². The Morgan fingerprint density at radius 3 is 2.68 bits per heavy atom. The predicted molar refractivity (Wildman–Crippen MR) is 86.6 cm³/mol. The summed E-state index contributed by atoms with van der Waals surface area (Å²) in [4.78, 5) is 4.57. The Balaban J connectivity index is 2.12. The van der Waals surface area contributed by atoms with Crippen LogP contribution in [0.1, 0.15) is 6.92 Å². The number of rotatable bonds is 3. The summed E-state index contributed by atoms with van der Waals surface area (Å²) in [6.45, 7) is 1.60. The number of fused-ring (bicyclic) bond motifs is 1. The first kappa shape index (κ1) is 14.9. The van der Waals surface area contributed by atoms with Crippen molar-refractivity contribution in [3.63, 3.8) is 0 Å². The summed E-state index contributed by atoms with van der Waals surface area (Å²) in [6, 6.07) is 9.71. The Kier molecular flexibility index (Phi) is 3.58. The third-order valence-corrected chi connectivity index (χ3v) is 5.42. The first-order valence-corrected chi connectivity index (χ1v) is 8.62. The zero-order valence-corrected chi connectivity index (χ0v) is 13.3. The van der Waals surface area contributed by atoms with Gasteiger partial charge in [-0.25, -0.2) is 13.4 Å².